The quantitative estimate of drug-likeness (QED) is 0.739. The zero-order valence-electron chi connectivity index (χ0n) is 12.0. The lowest BCUT2D eigenvalue weighted by Gasteiger charge is -2.38. The molecule has 0 saturated carbocycles. The normalized spacial score (nSPS) is 29.6. The van der Waals surface area contributed by atoms with Crippen molar-refractivity contribution in [3.8, 4) is 0 Å². The van der Waals surface area contributed by atoms with Crippen LogP contribution in [-0.4, -0.2) is 73.1 Å². The van der Waals surface area contributed by atoms with Crippen molar-refractivity contribution in [2.75, 3.05) is 40.3 Å². The van der Waals surface area contributed by atoms with E-state index in [2.05, 4.69) is 42.6 Å². The Morgan fingerprint density at radius 2 is 1.65 bits per heavy atom. The molecule has 1 atom stereocenters. The van der Waals surface area contributed by atoms with Crippen LogP contribution < -0.4 is 0 Å². The molecule has 0 aliphatic carbocycles. The number of hydrogen-bond acceptors (Lipinski definition) is 3. The Bertz CT molecular complexity index is 232. The number of piperidine rings is 1. The molecule has 0 amide bonds. The van der Waals surface area contributed by atoms with E-state index in [0.717, 1.165) is 18.1 Å². The summed E-state index contributed by atoms with van der Waals surface area (Å²) in [5.41, 5.74) is 0. The highest BCUT2D eigenvalue weighted by molar-refractivity contribution is 4.88. The molecule has 3 nitrogen and oxygen atoms in total. The number of rotatable bonds is 3. The van der Waals surface area contributed by atoms with Gasteiger partial charge in [0.15, 0.2) is 0 Å². The van der Waals surface area contributed by atoms with E-state index in [-0.39, 0.29) is 0 Å². The number of nitrogens with zero attached hydrogens (tertiary/aromatic N) is 3. The molecule has 2 rings (SSSR count). The van der Waals surface area contributed by atoms with Gasteiger partial charge in [0.2, 0.25) is 0 Å². The average molecular weight is 239 g/mol. The third-order valence-electron chi connectivity index (χ3n) is 4.67. The highest BCUT2D eigenvalue weighted by Crippen LogP contribution is 2.23. The van der Waals surface area contributed by atoms with Crippen molar-refractivity contribution in [3.63, 3.8) is 0 Å². The van der Waals surface area contributed by atoms with Gasteiger partial charge in [0.1, 0.15) is 0 Å². The van der Waals surface area contributed by atoms with Gasteiger partial charge in [-0.2, -0.15) is 0 Å². The van der Waals surface area contributed by atoms with Crippen molar-refractivity contribution < 1.29 is 0 Å². The SMILES string of the molecule is CC(C)N1CCC(N2CCC(N(C)C)C2)CC1. The van der Waals surface area contributed by atoms with Gasteiger partial charge in [0.25, 0.3) is 0 Å². The molecule has 100 valence electrons. The molecule has 0 aromatic heterocycles. The molecule has 17 heavy (non-hydrogen) atoms. The first kappa shape index (κ1) is 13.3. The second kappa shape index (κ2) is 5.68. The summed E-state index contributed by atoms with van der Waals surface area (Å²) < 4.78 is 0. The minimum absolute atomic E-state index is 0.726. The van der Waals surface area contributed by atoms with Crippen LogP contribution in [0.1, 0.15) is 33.1 Å². The summed E-state index contributed by atoms with van der Waals surface area (Å²) in [6.45, 7) is 9.84. The maximum atomic E-state index is 2.74. The van der Waals surface area contributed by atoms with E-state index in [0.29, 0.717) is 0 Å². The summed E-state index contributed by atoms with van der Waals surface area (Å²) in [4.78, 5) is 7.75. The Labute approximate surface area is 107 Å². The van der Waals surface area contributed by atoms with Crippen LogP contribution >= 0.6 is 0 Å². The van der Waals surface area contributed by atoms with Gasteiger partial charge >= 0.3 is 0 Å². The molecule has 2 heterocycles. The van der Waals surface area contributed by atoms with E-state index in [1.807, 2.05) is 0 Å². The molecule has 2 aliphatic rings. The third-order valence-corrected chi connectivity index (χ3v) is 4.67. The second-order valence-electron chi connectivity index (χ2n) is 6.26. The van der Waals surface area contributed by atoms with Gasteiger partial charge in [-0.05, 0) is 60.3 Å². The second-order valence-corrected chi connectivity index (χ2v) is 6.26. The first-order chi connectivity index (χ1) is 8.08. The summed E-state index contributed by atoms with van der Waals surface area (Å²) in [5, 5.41) is 0. The van der Waals surface area contributed by atoms with E-state index in [9.17, 15) is 0 Å². The minimum atomic E-state index is 0.726. The highest BCUT2D eigenvalue weighted by atomic mass is 15.3. The van der Waals surface area contributed by atoms with Crippen molar-refractivity contribution in [3.05, 3.63) is 0 Å². The van der Waals surface area contributed by atoms with Crippen LogP contribution in [0.4, 0.5) is 0 Å². The Morgan fingerprint density at radius 3 is 2.12 bits per heavy atom. The van der Waals surface area contributed by atoms with Gasteiger partial charge in [0.05, 0.1) is 0 Å². The molecular weight excluding hydrogens is 210 g/mol. The molecule has 1 unspecified atom stereocenters. The number of likely N-dealkylation sites (tertiary alicyclic amines) is 2. The van der Waals surface area contributed by atoms with E-state index in [4.69, 9.17) is 0 Å². The molecule has 2 fully saturated rings. The van der Waals surface area contributed by atoms with Crippen LogP contribution in [0, 0.1) is 0 Å². The molecule has 0 bridgehead atoms. The Morgan fingerprint density at radius 1 is 1.00 bits per heavy atom. The van der Waals surface area contributed by atoms with Crippen LogP contribution in [-0.2, 0) is 0 Å². The van der Waals surface area contributed by atoms with Crippen molar-refractivity contribution in [2.24, 2.45) is 0 Å². The molecular formula is C14H29N3. The standard InChI is InChI=1S/C14H29N3/c1-12(2)16-8-5-13(6-9-16)17-10-7-14(11-17)15(3)4/h12-14H,5-11H2,1-4H3. The number of hydrogen-bond donors (Lipinski definition) is 0. The summed E-state index contributed by atoms with van der Waals surface area (Å²) in [5.74, 6) is 0. The predicted molar refractivity (Wildman–Crippen MR) is 73.4 cm³/mol. The Hall–Kier alpha value is -0.120. The fourth-order valence-electron chi connectivity index (χ4n) is 3.29. The van der Waals surface area contributed by atoms with Gasteiger partial charge in [-0.15, -0.1) is 0 Å². The van der Waals surface area contributed by atoms with E-state index in [1.165, 1.54) is 45.4 Å². The first-order valence-corrected chi connectivity index (χ1v) is 7.22. The van der Waals surface area contributed by atoms with Crippen molar-refractivity contribution >= 4 is 0 Å². The van der Waals surface area contributed by atoms with E-state index < -0.39 is 0 Å². The molecule has 0 N–H and O–H groups in total. The van der Waals surface area contributed by atoms with E-state index in [1.54, 1.807) is 0 Å². The lowest BCUT2D eigenvalue weighted by molar-refractivity contribution is 0.103. The highest BCUT2D eigenvalue weighted by Gasteiger charge is 2.31. The maximum Gasteiger partial charge on any atom is 0.0229 e. The summed E-state index contributed by atoms with van der Waals surface area (Å²) in [7, 11) is 4.44. The molecule has 0 spiro atoms. The fraction of sp³-hybridized carbons (Fsp3) is 1.00. The summed E-state index contributed by atoms with van der Waals surface area (Å²) in [6, 6.07) is 2.37. The lowest BCUT2D eigenvalue weighted by atomic mass is 10.0. The smallest absolute Gasteiger partial charge is 0.0229 e. The third kappa shape index (κ3) is 3.21. The topological polar surface area (TPSA) is 9.72 Å². The Balaban J connectivity index is 1.78. The van der Waals surface area contributed by atoms with Crippen LogP contribution in [0.2, 0.25) is 0 Å². The Kier molecular flexibility index (Phi) is 4.45. The number of likely N-dealkylation sites (N-methyl/N-ethyl adjacent to an activating group) is 1. The zero-order valence-corrected chi connectivity index (χ0v) is 12.0. The molecule has 2 aliphatic heterocycles. The van der Waals surface area contributed by atoms with Gasteiger partial charge in [-0.1, -0.05) is 0 Å². The fourth-order valence-corrected chi connectivity index (χ4v) is 3.29. The van der Waals surface area contributed by atoms with Crippen LogP contribution in [0.5, 0.6) is 0 Å². The van der Waals surface area contributed by atoms with Gasteiger partial charge in [-0.3, -0.25) is 4.90 Å². The van der Waals surface area contributed by atoms with Crippen LogP contribution in [0.3, 0.4) is 0 Å². The molecule has 2 saturated heterocycles. The van der Waals surface area contributed by atoms with Crippen molar-refractivity contribution in [1.82, 2.24) is 14.7 Å². The van der Waals surface area contributed by atoms with Crippen molar-refractivity contribution in [2.45, 2.75) is 51.2 Å². The van der Waals surface area contributed by atoms with Gasteiger partial charge in [-0.25, -0.2) is 0 Å². The molecule has 3 heteroatoms. The summed E-state index contributed by atoms with van der Waals surface area (Å²) in [6.07, 6.45) is 4.11. The first-order valence-electron chi connectivity index (χ1n) is 7.22. The molecule has 0 radical (unpaired) electrons. The largest absolute Gasteiger partial charge is 0.305 e. The van der Waals surface area contributed by atoms with Crippen LogP contribution in [0.25, 0.3) is 0 Å². The zero-order chi connectivity index (χ0) is 12.4. The maximum absolute atomic E-state index is 2.74. The average Bonchev–Trinajstić information content (AvgIpc) is 2.78. The monoisotopic (exact) mass is 239 g/mol. The van der Waals surface area contributed by atoms with Crippen LogP contribution in [0.15, 0.2) is 0 Å². The van der Waals surface area contributed by atoms with E-state index >= 15 is 0 Å². The lowest BCUT2D eigenvalue weighted by Crippen LogP contribution is -2.46. The molecule has 0 aromatic rings. The summed E-state index contributed by atoms with van der Waals surface area (Å²) >= 11 is 0. The van der Waals surface area contributed by atoms with Crippen molar-refractivity contribution in [1.29, 1.82) is 0 Å². The van der Waals surface area contributed by atoms with Gasteiger partial charge < -0.3 is 9.80 Å². The predicted octanol–water partition coefficient (Wildman–Crippen LogP) is 1.50. The van der Waals surface area contributed by atoms with Gasteiger partial charge in [0, 0.05) is 31.2 Å². The molecule has 0 aromatic carbocycles. The minimum Gasteiger partial charge on any atom is -0.305 e.